The van der Waals surface area contributed by atoms with Crippen molar-refractivity contribution in [3.63, 3.8) is 0 Å². The standard InChI is InChI=1S/C20H23FN2O4/c1-14(24)23(17-7-5-16(21)6-8-17)11-10-22-20(25)13-15-4-9-18(26-2)19(12-15)27-3/h4-9,12H,10-11,13H2,1-3H3,(H,22,25). The summed E-state index contributed by atoms with van der Waals surface area (Å²) in [4.78, 5) is 25.5. The fraction of sp³-hybridized carbons (Fsp3) is 0.300. The highest BCUT2D eigenvalue weighted by molar-refractivity contribution is 5.91. The molecule has 0 saturated heterocycles. The molecule has 0 fully saturated rings. The molecule has 0 bridgehead atoms. The molecule has 0 aliphatic heterocycles. The second kappa shape index (κ2) is 9.56. The second-order valence-corrected chi connectivity index (χ2v) is 5.86. The van der Waals surface area contributed by atoms with Crippen LogP contribution < -0.4 is 19.7 Å². The van der Waals surface area contributed by atoms with Crippen LogP contribution in [-0.2, 0) is 16.0 Å². The van der Waals surface area contributed by atoms with Crippen LogP contribution in [0.3, 0.4) is 0 Å². The molecule has 0 aliphatic rings. The second-order valence-electron chi connectivity index (χ2n) is 5.86. The molecule has 2 rings (SSSR count). The number of anilines is 1. The predicted octanol–water partition coefficient (Wildman–Crippen LogP) is 2.55. The number of nitrogens with zero attached hydrogens (tertiary/aromatic N) is 1. The number of amides is 2. The van der Waals surface area contributed by atoms with Crippen LogP contribution in [-0.4, -0.2) is 39.1 Å². The predicted molar refractivity (Wildman–Crippen MR) is 101 cm³/mol. The molecular formula is C20H23FN2O4. The van der Waals surface area contributed by atoms with Gasteiger partial charge in [-0.05, 0) is 42.0 Å². The zero-order valence-electron chi connectivity index (χ0n) is 15.6. The number of nitrogens with one attached hydrogen (secondary N) is 1. The van der Waals surface area contributed by atoms with Gasteiger partial charge in [-0.15, -0.1) is 0 Å². The van der Waals surface area contributed by atoms with Gasteiger partial charge in [-0.3, -0.25) is 9.59 Å². The van der Waals surface area contributed by atoms with Gasteiger partial charge in [0.05, 0.1) is 20.6 Å². The lowest BCUT2D eigenvalue weighted by Gasteiger charge is -2.21. The van der Waals surface area contributed by atoms with Crippen molar-refractivity contribution < 1.29 is 23.5 Å². The number of hydrogen-bond acceptors (Lipinski definition) is 4. The Balaban J connectivity index is 1.90. The Labute approximate surface area is 157 Å². The number of carbonyl (C=O) groups excluding carboxylic acids is 2. The minimum Gasteiger partial charge on any atom is -0.493 e. The van der Waals surface area contributed by atoms with Crippen LogP contribution in [0.15, 0.2) is 42.5 Å². The number of rotatable bonds is 8. The number of methoxy groups -OCH3 is 2. The van der Waals surface area contributed by atoms with E-state index in [1.54, 1.807) is 25.3 Å². The third kappa shape index (κ3) is 5.70. The average molecular weight is 374 g/mol. The van der Waals surface area contributed by atoms with Gasteiger partial charge in [-0.25, -0.2) is 4.39 Å². The molecular weight excluding hydrogens is 351 g/mol. The first kappa shape index (κ1) is 20.2. The Hall–Kier alpha value is -3.09. The van der Waals surface area contributed by atoms with Gasteiger partial charge in [0, 0.05) is 25.7 Å². The zero-order chi connectivity index (χ0) is 19.8. The van der Waals surface area contributed by atoms with Gasteiger partial charge < -0.3 is 19.7 Å². The van der Waals surface area contributed by atoms with E-state index in [4.69, 9.17) is 9.47 Å². The van der Waals surface area contributed by atoms with Crippen molar-refractivity contribution in [3.05, 3.63) is 53.8 Å². The minimum atomic E-state index is -0.370. The molecule has 0 radical (unpaired) electrons. The Morgan fingerprint density at radius 2 is 1.70 bits per heavy atom. The van der Waals surface area contributed by atoms with Gasteiger partial charge in [0.25, 0.3) is 0 Å². The molecule has 0 spiro atoms. The Kier molecular flexibility index (Phi) is 7.16. The van der Waals surface area contributed by atoms with Crippen LogP contribution >= 0.6 is 0 Å². The molecule has 0 aliphatic carbocycles. The quantitative estimate of drug-likeness (QED) is 0.771. The first-order valence-corrected chi connectivity index (χ1v) is 8.46. The smallest absolute Gasteiger partial charge is 0.224 e. The number of carbonyl (C=O) groups is 2. The summed E-state index contributed by atoms with van der Waals surface area (Å²) in [6.07, 6.45) is 0.178. The summed E-state index contributed by atoms with van der Waals surface area (Å²) >= 11 is 0. The summed E-state index contributed by atoms with van der Waals surface area (Å²) in [5.74, 6) is 0.422. The van der Waals surface area contributed by atoms with E-state index in [9.17, 15) is 14.0 Å². The van der Waals surface area contributed by atoms with Gasteiger partial charge >= 0.3 is 0 Å². The molecule has 2 amide bonds. The molecule has 0 atom stereocenters. The molecule has 27 heavy (non-hydrogen) atoms. The van der Waals surface area contributed by atoms with E-state index in [1.165, 1.54) is 43.2 Å². The Bertz CT molecular complexity index is 793. The summed E-state index contributed by atoms with van der Waals surface area (Å²) in [5.41, 5.74) is 1.37. The summed E-state index contributed by atoms with van der Waals surface area (Å²) in [7, 11) is 3.08. The number of halogens is 1. The fourth-order valence-corrected chi connectivity index (χ4v) is 2.63. The van der Waals surface area contributed by atoms with Gasteiger partial charge in [0.2, 0.25) is 11.8 Å². The molecule has 0 saturated carbocycles. The molecule has 0 aromatic heterocycles. The van der Waals surface area contributed by atoms with E-state index >= 15 is 0 Å². The molecule has 2 aromatic rings. The highest BCUT2D eigenvalue weighted by Crippen LogP contribution is 2.27. The van der Waals surface area contributed by atoms with Gasteiger partial charge in [0.15, 0.2) is 11.5 Å². The van der Waals surface area contributed by atoms with Crippen LogP contribution in [0.25, 0.3) is 0 Å². The van der Waals surface area contributed by atoms with Crippen LogP contribution in [0, 0.1) is 5.82 Å². The highest BCUT2D eigenvalue weighted by atomic mass is 19.1. The summed E-state index contributed by atoms with van der Waals surface area (Å²) in [6, 6.07) is 10.9. The maximum atomic E-state index is 13.0. The first-order chi connectivity index (χ1) is 12.9. The van der Waals surface area contributed by atoms with E-state index < -0.39 is 0 Å². The van der Waals surface area contributed by atoms with Gasteiger partial charge in [0.1, 0.15) is 5.82 Å². The van der Waals surface area contributed by atoms with Gasteiger partial charge in [-0.1, -0.05) is 6.07 Å². The molecule has 0 heterocycles. The average Bonchev–Trinajstić information content (AvgIpc) is 2.65. The minimum absolute atomic E-state index is 0.176. The molecule has 144 valence electrons. The maximum absolute atomic E-state index is 13.0. The normalized spacial score (nSPS) is 10.2. The van der Waals surface area contributed by atoms with Crippen molar-refractivity contribution >= 4 is 17.5 Å². The van der Waals surface area contributed by atoms with E-state index in [1.807, 2.05) is 0 Å². The molecule has 2 aromatic carbocycles. The Morgan fingerprint density at radius 1 is 1.04 bits per heavy atom. The van der Waals surface area contributed by atoms with Crippen molar-refractivity contribution in [2.75, 3.05) is 32.2 Å². The van der Waals surface area contributed by atoms with Crippen molar-refractivity contribution in [2.24, 2.45) is 0 Å². The monoisotopic (exact) mass is 374 g/mol. The van der Waals surface area contributed by atoms with E-state index in [-0.39, 0.29) is 30.6 Å². The highest BCUT2D eigenvalue weighted by Gasteiger charge is 2.13. The molecule has 1 N–H and O–H groups in total. The first-order valence-electron chi connectivity index (χ1n) is 8.46. The third-order valence-corrected chi connectivity index (χ3v) is 3.99. The fourth-order valence-electron chi connectivity index (χ4n) is 2.63. The Morgan fingerprint density at radius 3 is 2.30 bits per heavy atom. The largest absolute Gasteiger partial charge is 0.493 e. The summed E-state index contributed by atoms with van der Waals surface area (Å²) < 4.78 is 23.4. The number of hydrogen-bond donors (Lipinski definition) is 1. The van der Waals surface area contributed by atoms with Crippen molar-refractivity contribution in [3.8, 4) is 11.5 Å². The lowest BCUT2D eigenvalue weighted by atomic mass is 10.1. The molecule has 6 nitrogen and oxygen atoms in total. The SMILES string of the molecule is COc1ccc(CC(=O)NCCN(C(C)=O)c2ccc(F)cc2)cc1OC. The van der Waals surface area contributed by atoms with E-state index in [0.717, 1.165) is 5.56 Å². The van der Waals surface area contributed by atoms with E-state index in [0.29, 0.717) is 23.7 Å². The van der Waals surface area contributed by atoms with Crippen LogP contribution in [0.2, 0.25) is 0 Å². The molecule has 7 heteroatoms. The van der Waals surface area contributed by atoms with Crippen LogP contribution in [0.1, 0.15) is 12.5 Å². The van der Waals surface area contributed by atoms with Crippen molar-refractivity contribution in [1.29, 1.82) is 0 Å². The summed E-state index contributed by atoms with van der Waals surface area (Å²) in [5, 5.41) is 2.78. The van der Waals surface area contributed by atoms with Crippen LogP contribution in [0.4, 0.5) is 10.1 Å². The van der Waals surface area contributed by atoms with Gasteiger partial charge in [-0.2, -0.15) is 0 Å². The van der Waals surface area contributed by atoms with Crippen molar-refractivity contribution in [2.45, 2.75) is 13.3 Å². The maximum Gasteiger partial charge on any atom is 0.224 e. The topological polar surface area (TPSA) is 67.9 Å². The lowest BCUT2D eigenvalue weighted by Crippen LogP contribution is -2.38. The van der Waals surface area contributed by atoms with E-state index in [2.05, 4.69) is 5.32 Å². The lowest BCUT2D eigenvalue weighted by molar-refractivity contribution is -0.121. The third-order valence-electron chi connectivity index (χ3n) is 3.99. The molecule has 0 unspecified atom stereocenters. The van der Waals surface area contributed by atoms with Crippen molar-refractivity contribution in [1.82, 2.24) is 5.32 Å². The number of benzene rings is 2. The summed E-state index contributed by atoms with van der Waals surface area (Å²) in [6.45, 7) is 2.00. The number of ether oxygens (including phenoxy) is 2. The zero-order valence-corrected chi connectivity index (χ0v) is 15.6. The van der Waals surface area contributed by atoms with Crippen LogP contribution in [0.5, 0.6) is 11.5 Å².